The fourth-order valence-electron chi connectivity index (χ4n) is 4.38. The molecule has 9 heteroatoms. The Morgan fingerprint density at radius 1 is 1.03 bits per heavy atom. The number of pyridine rings is 1. The lowest BCUT2D eigenvalue weighted by Crippen LogP contribution is -2.29. The van der Waals surface area contributed by atoms with Crippen LogP contribution in [0.25, 0.3) is 10.8 Å². The molecule has 1 fully saturated rings. The van der Waals surface area contributed by atoms with Crippen molar-refractivity contribution in [1.82, 2.24) is 14.8 Å². The fourth-order valence-corrected chi connectivity index (χ4v) is 4.38. The Morgan fingerprint density at radius 3 is 2.44 bits per heavy atom. The van der Waals surface area contributed by atoms with Gasteiger partial charge in [-0.1, -0.05) is 12.1 Å². The van der Waals surface area contributed by atoms with Crippen molar-refractivity contribution in [3.63, 3.8) is 0 Å². The monoisotopic (exact) mass is 475 g/mol. The van der Waals surface area contributed by atoms with Crippen LogP contribution in [0.5, 0.6) is 0 Å². The second-order valence-electron chi connectivity index (χ2n) is 8.58. The van der Waals surface area contributed by atoms with Crippen molar-refractivity contribution in [2.45, 2.75) is 39.0 Å². The van der Waals surface area contributed by atoms with Crippen molar-refractivity contribution in [3.05, 3.63) is 81.0 Å². The number of nitrogens with zero attached hydrogens (tertiary/aromatic N) is 2. The summed E-state index contributed by atoms with van der Waals surface area (Å²) < 4.78 is 53.7. The highest BCUT2D eigenvalue weighted by atomic mass is 19.4. The number of hydrogen-bond donors (Lipinski definition) is 1. The number of rotatable bonds is 6. The van der Waals surface area contributed by atoms with Crippen molar-refractivity contribution in [3.8, 4) is 0 Å². The summed E-state index contributed by atoms with van der Waals surface area (Å²) in [7, 11) is 0. The van der Waals surface area contributed by atoms with E-state index in [0.29, 0.717) is 34.5 Å². The van der Waals surface area contributed by atoms with E-state index in [2.05, 4.69) is 10.2 Å². The second-order valence-corrected chi connectivity index (χ2v) is 8.58. The predicted octanol–water partition coefficient (Wildman–Crippen LogP) is 4.49. The lowest BCUT2D eigenvalue weighted by atomic mass is 10.00. The first-order valence-electron chi connectivity index (χ1n) is 11.1. The third kappa shape index (κ3) is 4.99. The summed E-state index contributed by atoms with van der Waals surface area (Å²) in [6, 6.07) is 7.67. The fraction of sp³-hybridized carbons (Fsp3) is 0.360. The number of alkyl halides is 3. The van der Waals surface area contributed by atoms with Crippen LogP contribution in [0.15, 0.2) is 47.4 Å². The Labute approximate surface area is 194 Å². The zero-order valence-electron chi connectivity index (χ0n) is 18.7. The average molecular weight is 475 g/mol. The van der Waals surface area contributed by atoms with Crippen LogP contribution in [-0.2, 0) is 19.3 Å². The first kappa shape index (κ1) is 23.9. The third-order valence-corrected chi connectivity index (χ3v) is 6.24. The molecule has 1 amide bonds. The summed E-state index contributed by atoms with van der Waals surface area (Å²) in [6.45, 7) is 5.00. The molecule has 5 nitrogen and oxygen atoms in total. The van der Waals surface area contributed by atoms with Gasteiger partial charge in [0.2, 0.25) is 0 Å². The smallest absolute Gasteiger partial charge is 0.348 e. The van der Waals surface area contributed by atoms with Gasteiger partial charge in [0.05, 0.1) is 11.1 Å². The maximum absolute atomic E-state index is 13.8. The van der Waals surface area contributed by atoms with Gasteiger partial charge >= 0.3 is 6.18 Å². The Morgan fingerprint density at radius 2 is 1.76 bits per heavy atom. The van der Waals surface area contributed by atoms with Crippen LogP contribution >= 0.6 is 0 Å². The second kappa shape index (κ2) is 9.58. The van der Waals surface area contributed by atoms with Gasteiger partial charge in [-0.05, 0) is 68.2 Å². The summed E-state index contributed by atoms with van der Waals surface area (Å²) in [5.74, 6) is -1.88. The largest absolute Gasteiger partial charge is 0.419 e. The molecule has 180 valence electrons. The zero-order chi connectivity index (χ0) is 24.5. The van der Waals surface area contributed by atoms with Gasteiger partial charge in [0.25, 0.3) is 11.5 Å². The number of carbonyl (C=O) groups excluding carboxylic acids is 1. The summed E-state index contributed by atoms with van der Waals surface area (Å²) in [4.78, 5) is 28.3. The number of aromatic nitrogens is 1. The van der Waals surface area contributed by atoms with Crippen LogP contribution in [0, 0.1) is 12.7 Å². The van der Waals surface area contributed by atoms with Gasteiger partial charge in [0.1, 0.15) is 5.82 Å². The Balaban J connectivity index is 1.54. The van der Waals surface area contributed by atoms with E-state index in [0.717, 1.165) is 31.8 Å². The number of likely N-dealkylation sites (tertiary alicyclic amines) is 1. The van der Waals surface area contributed by atoms with Crippen molar-refractivity contribution < 1.29 is 22.4 Å². The molecular weight excluding hydrogens is 450 g/mol. The molecule has 0 unspecified atom stereocenters. The molecule has 1 saturated heterocycles. The maximum Gasteiger partial charge on any atom is 0.419 e. The minimum atomic E-state index is -4.78. The predicted molar refractivity (Wildman–Crippen MR) is 121 cm³/mol. The molecule has 1 N–H and O–H groups in total. The van der Waals surface area contributed by atoms with Gasteiger partial charge in [0.15, 0.2) is 0 Å². The minimum absolute atomic E-state index is 0.156. The number of hydrogen-bond acceptors (Lipinski definition) is 3. The van der Waals surface area contributed by atoms with Crippen LogP contribution in [0.1, 0.15) is 39.9 Å². The van der Waals surface area contributed by atoms with Gasteiger partial charge < -0.3 is 14.8 Å². The first-order valence-corrected chi connectivity index (χ1v) is 11.1. The molecule has 0 bridgehead atoms. The molecule has 0 spiro atoms. The number of aryl methyl sites for hydroxylation is 1. The highest BCUT2D eigenvalue weighted by molar-refractivity contribution is 6.08. The topological polar surface area (TPSA) is 54.3 Å². The Kier molecular flexibility index (Phi) is 6.74. The van der Waals surface area contributed by atoms with E-state index in [9.17, 15) is 27.2 Å². The molecular formula is C25H25F4N3O2. The third-order valence-electron chi connectivity index (χ3n) is 6.24. The molecule has 0 radical (unpaired) electrons. The number of nitrogens with one attached hydrogen (secondary N) is 1. The van der Waals surface area contributed by atoms with Gasteiger partial charge in [-0.25, -0.2) is 4.39 Å². The quantitative estimate of drug-likeness (QED) is 0.535. The van der Waals surface area contributed by atoms with E-state index in [1.54, 1.807) is 35.9 Å². The van der Waals surface area contributed by atoms with Crippen LogP contribution in [0.4, 0.5) is 17.6 Å². The maximum atomic E-state index is 13.8. The molecule has 0 aliphatic carbocycles. The number of fused-ring (bicyclic) bond motifs is 1. The van der Waals surface area contributed by atoms with Crippen LogP contribution < -0.4 is 10.9 Å². The highest BCUT2D eigenvalue weighted by Crippen LogP contribution is 2.31. The van der Waals surface area contributed by atoms with E-state index in [4.69, 9.17) is 0 Å². The standard InChI is InChI=1S/C25H25F4N3O2/c1-16-4-6-19-18(8-11-32(24(19)34)13-12-31-9-2-3-10-31)22(16)23(33)30-15-17-5-7-20(21(26)14-17)25(27,28)29/h4-8,11,14H,2-3,9-10,12-13,15H2,1H3,(H,30,33). The highest BCUT2D eigenvalue weighted by Gasteiger charge is 2.33. The van der Waals surface area contributed by atoms with Crippen molar-refractivity contribution in [2.24, 2.45) is 0 Å². The van der Waals surface area contributed by atoms with Gasteiger partial charge in [0, 0.05) is 36.6 Å². The van der Waals surface area contributed by atoms with Crippen LogP contribution in [0.2, 0.25) is 0 Å². The average Bonchev–Trinajstić information content (AvgIpc) is 3.30. The Bertz CT molecular complexity index is 1280. The number of carbonyl (C=O) groups is 1. The molecule has 1 aromatic heterocycles. The normalized spacial score (nSPS) is 14.6. The van der Waals surface area contributed by atoms with E-state index in [1.807, 2.05) is 0 Å². The molecule has 1 aliphatic heterocycles. The number of amides is 1. The zero-order valence-corrected chi connectivity index (χ0v) is 18.7. The van der Waals surface area contributed by atoms with Gasteiger partial charge in [-0.15, -0.1) is 0 Å². The molecule has 0 saturated carbocycles. The van der Waals surface area contributed by atoms with E-state index in [1.165, 1.54) is 12.8 Å². The van der Waals surface area contributed by atoms with Crippen molar-refractivity contribution >= 4 is 16.7 Å². The first-order chi connectivity index (χ1) is 16.1. The van der Waals surface area contributed by atoms with E-state index >= 15 is 0 Å². The minimum Gasteiger partial charge on any atom is -0.348 e. The summed E-state index contributed by atoms with van der Waals surface area (Å²) >= 11 is 0. The van der Waals surface area contributed by atoms with Crippen molar-refractivity contribution in [1.29, 1.82) is 0 Å². The Hall–Kier alpha value is -3.20. The van der Waals surface area contributed by atoms with E-state index < -0.39 is 23.5 Å². The SMILES string of the molecule is Cc1ccc2c(=O)n(CCN3CCCC3)ccc2c1C(=O)NCc1ccc(C(F)(F)F)c(F)c1. The lowest BCUT2D eigenvalue weighted by molar-refractivity contribution is -0.140. The molecule has 3 aromatic rings. The van der Waals surface area contributed by atoms with Crippen LogP contribution in [0.3, 0.4) is 0 Å². The molecule has 4 rings (SSSR count). The van der Waals surface area contributed by atoms with Crippen LogP contribution in [-0.4, -0.2) is 35.0 Å². The van der Waals surface area contributed by atoms with Crippen molar-refractivity contribution in [2.75, 3.05) is 19.6 Å². The molecule has 2 aromatic carbocycles. The molecule has 34 heavy (non-hydrogen) atoms. The van der Waals surface area contributed by atoms with Gasteiger partial charge in [-0.2, -0.15) is 13.2 Å². The molecule has 2 heterocycles. The molecule has 1 aliphatic rings. The summed E-state index contributed by atoms with van der Waals surface area (Å²) in [5.41, 5.74) is -0.378. The summed E-state index contributed by atoms with van der Waals surface area (Å²) in [5, 5.41) is 3.54. The number of benzene rings is 2. The summed E-state index contributed by atoms with van der Waals surface area (Å²) in [6.07, 6.45) is -0.761. The lowest BCUT2D eigenvalue weighted by Gasteiger charge is -2.16. The van der Waals surface area contributed by atoms with Gasteiger partial charge in [-0.3, -0.25) is 9.59 Å². The van der Waals surface area contributed by atoms with E-state index in [-0.39, 0.29) is 17.7 Å². The molecule has 0 atom stereocenters. The number of halogens is 4.